The number of furan rings is 1. The highest BCUT2D eigenvalue weighted by Crippen LogP contribution is 2.20. The number of pyridine rings is 1. The van der Waals surface area contributed by atoms with Crippen LogP contribution in [0, 0.1) is 0 Å². The molecule has 1 aromatic carbocycles. The molecule has 0 unspecified atom stereocenters. The smallest absolute Gasteiger partial charge is 0.289 e. The molecule has 6 heteroatoms. The molecule has 0 saturated carbocycles. The Balaban J connectivity index is 1.27. The Morgan fingerprint density at radius 3 is 2.73 bits per heavy atom. The van der Waals surface area contributed by atoms with Crippen LogP contribution in [0.2, 0.25) is 0 Å². The van der Waals surface area contributed by atoms with Gasteiger partial charge in [0.2, 0.25) is 0 Å². The summed E-state index contributed by atoms with van der Waals surface area (Å²) in [6.45, 7) is 4.51. The third-order valence-corrected chi connectivity index (χ3v) is 4.61. The van der Waals surface area contributed by atoms with Crippen molar-refractivity contribution in [2.24, 2.45) is 0 Å². The first-order valence-corrected chi connectivity index (χ1v) is 8.83. The zero-order valence-electron chi connectivity index (χ0n) is 14.5. The van der Waals surface area contributed by atoms with Crippen LogP contribution in [0.25, 0.3) is 11.0 Å². The van der Waals surface area contributed by atoms with Crippen LogP contribution >= 0.6 is 0 Å². The molecule has 0 aliphatic carbocycles. The van der Waals surface area contributed by atoms with Gasteiger partial charge in [-0.05, 0) is 24.3 Å². The molecule has 1 aliphatic heterocycles. The fourth-order valence-corrected chi connectivity index (χ4v) is 3.14. The summed E-state index contributed by atoms with van der Waals surface area (Å²) in [6.07, 6.45) is 3.44. The second-order valence-corrected chi connectivity index (χ2v) is 6.32. The number of para-hydroxylation sites is 1. The van der Waals surface area contributed by atoms with E-state index >= 15 is 0 Å². The predicted octanol–water partition coefficient (Wildman–Crippen LogP) is 2.66. The summed E-state index contributed by atoms with van der Waals surface area (Å²) < 4.78 is 11.4. The largest absolute Gasteiger partial charge is 0.491 e. The van der Waals surface area contributed by atoms with Crippen LogP contribution in [0.1, 0.15) is 10.6 Å². The normalized spacial score (nSPS) is 15.3. The number of benzene rings is 1. The first-order chi connectivity index (χ1) is 12.8. The molecule has 2 aromatic heterocycles. The van der Waals surface area contributed by atoms with Gasteiger partial charge in [0.1, 0.15) is 17.9 Å². The first kappa shape index (κ1) is 16.6. The zero-order chi connectivity index (χ0) is 17.8. The maximum absolute atomic E-state index is 12.7. The Labute approximate surface area is 152 Å². The Kier molecular flexibility index (Phi) is 4.84. The first-order valence-electron chi connectivity index (χ1n) is 8.83. The van der Waals surface area contributed by atoms with Crippen LogP contribution in [0.5, 0.6) is 5.75 Å². The molecule has 3 heterocycles. The molecule has 4 rings (SSSR count). The second-order valence-electron chi connectivity index (χ2n) is 6.32. The van der Waals surface area contributed by atoms with Crippen molar-refractivity contribution in [2.45, 2.75) is 0 Å². The maximum Gasteiger partial charge on any atom is 0.289 e. The SMILES string of the molecule is O=C(c1cc2ccccc2o1)N1CCN(CCOc2cccnc2)CC1. The molecule has 1 amide bonds. The van der Waals surface area contributed by atoms with E-state index in [1.807, 2.05) is 47.4 Å². The number of ether oxygens (including phenoxy) is 1. The maximum atomic E-state index is 12.7. The zero-order valence-corrected chi connectivity index (χ0v) is 14.5. The molecule has 3 aromatic rings. The number of amides is 1. The van der Waals surface area contributed by atoms with E-state index in [9.17, 15) is 4.79 Å². The van der Waals surface area contributed by atoms with Crippen molar-refractivity contribution in [2.75, 3.05) is 39.3 Å². The average molecular weight is 351 g/mol. The van der Waals surface area contributed by atoms with E-state index in [0.29, 0.717) is 25.5 Å². The van der Waals surface area contributed by atoms with E-state index in [4.69, 9.17) is 9.15 Å². The van der Waals surface area contributed by atoms with Crippen molar-refractivity contribution in [1.82, 2.24) is 14.8 Å². The van der Waals surface area contributed by atoms with Crippen LogP contribution in [0.4, 0.5) is 0 Å². The predicted molar refractivity (Wildman–Crippen MR) is 98.3 cm³/mol. The summed E-state index contributed by atoms with van der Waals surface area (Å²) in [5, 5.41) is 0.960. The van der Waals surface area contributed by atoms with Gasteiger partial charge < -0.3 is 14.1 Å². The van der Waals surface area contributed by atoms with Crippen LogP contribution < -0.4 is 4.74 Å². The minimum absolute atomic E-state index is 0.0348. The summed E-state index contributed by atoms with van der Waals surface area (Å²) in [5.41, 5.74) is 0.752. The Morgan fingerprint density at radius 1 is 1.12 bits per heavy atom. The van der Waals surface area contributed by atoms with Gasteiger partial charge >= 0.3 is 0 Å². The fraction of sp³-hybridized carbons (Fsp3) is 0.300. The lowest BCUT2D eigenvalue weighted by Crippen LogP contribution is -2.49. The van der Waals surface area contributed by atoms with Crippen LogP contribution in [-0.4, -0.2) is 60.0 Å². The van der Waals surface area contributed by atoms with Gasteiger partial charge in [-0.25, -0.2) is 0 Å². The van der Waals surface area contributed by atoms with Crippen LogP contribution in [0.3, 0.4) is 0 Å². The number of rotatable bonds is 5. The van der Waals surface area contributed by atoms with Gasteiger partial charge in [0.25, 0.3) is 5.91 Å². The molecule has 0 N–H and O–H groups in total. The van der Waals surface area contributed by atoms with Crippen molar-refractivity contribution in [3.8, 4) is 5.75 Å². The molecule has 1 saturated heterocycles. The second kappa shape index (κ2) is 7.58. The molecule has 1 fully saturated rings. The van der Waals surface area contributed by atoms with Crippen molar-refractivity contribution in [1.29, 1.82) is 0 Å². The highest BCUT2D eigenvalue weighted by atomic mass is 16.5. The summed E-state index contributed by atoms with van der Waals surface area (Å²) >= 11 is 0. The van der Waals surface area contributed by atoms with E-state index < -0.39 is 0 Å². The highest BCUT2D eigenvalue weighted by Gasteiger charge is 2.24. The number of hydrogen-bond donors (Lipinski definition) is 0. The third-order valence-electron chi connectivity index (χ3n) is 4.61. The number of piperazine rings is 1. The van der Waals surface area contributed by atoms with Gasteiger partial charge in [0.05, 0.1) is 6.20 Å². The number of aromatic nitrogens is 1. The van der Waals surface area contributed by atoms with Gasteiger partial charge in [-0.3, -0.25) is 14.7 Å². The standard InChI is InChI=1S/C20H21N3O3/c24-20(19-14-16-4-1-2-6-18(16)26-19)23-10-8-22(9-11-23)12-13-25-17-5-3-7-21-15-17/h1-7,14-15H,8-13H2. The number of fused-ring (bicyclic) bond motifs is 1. The lowest BCUT2D eigenvalue weighted by Gasteiger charge is -2.34. The average Bonchev–Trinajstić information content (AvgIpc) is 3.13. The molecule has 0 radical (unpaired) electrons. The topological polar surface area (TPSA) is 58.8 Å². The number of carbonyl (C=O) groups is 1. The Hall–Kier alpha value is -2.86. The minimum Gasteiger partial charge on any atom is -0.491 e. The van der Waals surface area contributed by atoms with E-state index in [2.05, 4.69) is 9.88 Å². The lowest BCUT2D eigenvalue weighted by molar-refractivity contribution is 0.0592. The molecule has 26 heavy (non-hydrogen) atoms. The molecule has 6 nitrogen and oxygen atoms in total. The Morgan fingerprint density at radius 2 is 1.96 bits per heavy atom. The molecule has 1 aliphatic rings. The van der Waals surface area contributed by atoms with Crippen molar-refractivity contribution in [3.05, 3.63) is 60.6 Å². The van der Waals surface area contributed by atoms with Crippen LogP contribution in [-0.2, 0) is 0 Å². The monoisotopic (exact) mass is 351 g/mol. The molecule has 0 spiro atoms. The fourth-order valence-electron chi connectivity index (χ4n) is 3.14. The molecule has 0 bridgehead atoms. The quantitative estimate of drug-likeness (QED) is 0.707. The lowest BCUT2D eigenvalue weighted by atomic mass is 10.2. The van der Waals surface area contributed by atoms with E-state index in [1.165, 1.54) is 0 Å². The molecular weight excluding hydrogens is 330 g/mol. The van der Waals surface area contributed by atoms with E-state index in [1.54, 1.807) is 12.4 Å². The summed E-state index contributed by atoms with van der Waals surface area (Å²) in [4.78, 5) is 20.9. The van der Waals surface area contributed by atoms with E-state index in [-0.39, 0.29) is 5.91 Å². The molecular formula is C20H21N3O3. The summed E-state index contributed by atoms with van der Waals surface area (Å²) in [6, 6.07) is 13.3. The van der Waals surface area contributed by atoms with Gasteiger partial charge in [0.15, 0.2) is 5.76 Å². The van der Waals surface area contributed by atoms with Crippen molar-refractivity contribution >= 4 is 16.9 Å². The summed E-state index contributed by atoms with van der Waals surface area (Å²) in [7, 11) is 0. The highest BCUT2D eigenvalue weighted by molar-refractivity contribution is 5.96. The van der Waals surface area contributed by atoms with Crippen LogP contribution in [0.15, 0.2) is 59.3 Å². The number of hydrogen-bond acceptors (Lipinski definition) is 5. The van der Waals surface area contributed by atoms with Crippen molar-refractivity contribution < 1.29 is 13.9 Å². The van der Waals surface area contributed by atoms with Gasteiger partial charge in [-0.2, -0.15) is 0 Å². The number of carbonyl (C=O) groups excluding carboxylic acids is 1. The number of nitrogens with zero attached hydrogens (tertiary/aromatic N) is 3. The minimum atomic E-state index is -0.0348. The summed E-state index contributed by atoms with van der Waals surface area (Å²) in [5.74, 6) is 1.17. The van der Waals surface area contributed by atoms with Crippen molar-refractivity contribution in [3.63, 3.8) is 0 Å². The Bertz CT molecular complexity index is 837. The van der Waals surface area contributed by atoms with Gasteiger partial charge in [0, 0.05) is 44.3 Å². The third kappa shape index (κ3) is 3.70. The van der Waals surface area contributed by atoms with Gasteiger partial charge in [-0.1, -0.05) is 18.2 Å². The molecule has 134 valence electrons. The van der Waals surface area contributed by atoms with Gasteiger partial charge in [-0.15, -0.1) is 0 Å². The van der Waals surface area contributed by atoms with E-state index in [0.717, 1.165) is 36.4 Å². The molecule has 0 atom stereocenters.